The van der Waals surface area contributed by atoms with Crippen molar-refractivity contribution < 1.29 is 28.6 Å². The Balaban J connectivity index is 4.08. The number of hydrogen-bond donors (Lipinski definition) is 0. The van der Waals surface area contributed by atoms with E-state index in [4.69, 9.17) is 14.2 Å². The van der Waals surface area contributed by atoms with E-state index in [1.165, 1.54) is 193 Å². The molecule has 0 aromatic rings. The van der Waals surface area contributed by atoms with Crippen LogP contribution in [0.25, 0.3) is 0 Å². The molecule has 0 radical (unpaired) electrons. The lowest BCUT2D eigenvalue weighted by atomic mass is 10.0. The quantitative estimate of drug-likeness (QED) is 0.0262. The standard InChI is InChI=1S/C63H112O6/c1-4-7-10-13-16-18-20-22-24-25-26-27-28-29-30-31-32-33-34-35-36-37-39-40-42-44-47-50-53-56-62(65)68-59-60(58-67-61(64)55-52-49-46-15-12-9-6-3)69-63(66)57-54-51-48-45-43-41-38-23-21-19-17-14-11-8-5-2/h8,11,17,19,23,38,43,45,51,54,60H,4-7,9-10,12-16,18,20-22,24-37,39-42,44,46-50,52-53,55-59H2,1-3H3/b11-8-,19-17-,38-23-,45-43-,54-51-. The van der Waals surface area contributed by atoms with E-state index in [0.717, 1.165) is 70.6 Å². The van der Waals surface area contributed by atoms with Crippen LogP contribution in [-0.2, 0) is 28.6 Å². The van der Waals surface area contributed by atoms with Crippen LogP contribution in [0.5, 0.6) is 0 Å². The average molecular weight is 966 g/mol. The smallest absolute Gasteiger partial charge is 0.310 e. The molecule has 0 aliphatic heterocycles. The maximum Gasteiger partial charge on any atom is 0.310 e. The average Bonchev–Trinajstić information content (AvgIpc) is 3.35. The summed E-state index contributed by atoms with van der Waals surface area (Å²) in [6.07, 6.45) is 73.0. The van der Waals surface area contributed by atoms with Gasteiger partial charge in [0.15, 0.2) is 6.10 Å². The lowest BCUT2D eigenvalue weighted by molar-refractivity contribution is -0.166. The van der Waals surface area contributed by atoms with Crippen molar-refractivity contribution in [3.63, 3.8) is 0 Å². The van der Waals surface area contributed by atoms with Gasteiger partial charge in [-0.05, 0) is 44.9 Å². The highest BCUT2D eigenvalue weighted by Gasteiger charge is 2.19. The summed E-state index contributed by atoms with van der Waals surface area (Å²) in [4.78, 5) is 37.8. The van der Waals surface area contributed by atoms with Crippen LogP contribution in [0.4, 0.5) is 0 Å². The van der Waals surface area contributed by atoms with Gasteiger partial charge in [-0.3, -0.25) is 14.4 Å². The van der Waals surface area contributed by atoms with Crippen molar-refractivity contribution in [2.75, 3.05) is 13.2 Å². The molecule has 0 saturated carbocycles. The van der Waals surface area contributed by atoms with E-state index in [1.807, 2.05) is 6.08 Å². The fourth-order valence-corrected chi connectivity index (χ4v) is 8.64. The lowest BCUT2D eigenvalue weighted by Gasteiger charge is -2.18. The molecular formula is C63H112O6. The van der Waals surface area contributed by atoms with Gasteiger partial charge in [-0.2, -0.15) is 0 Å². The van der Waals surface area contributed by atoms with Crippen molar-refractivity contribution in [3.8, 4) is 0 Å². The summed E-state index contributed by atoms with van der Waals surface area (Å²) in [5.41, 5.74) is 0. The second kappa shape index (κ2) is 57.7. The van der Waals surface area contributed by atoms with E-state index in [2.05, 4.69) is 69.4 Å². The van der Waals surface area contributed by atoms with E-state index in [9.17, 15) is 14.4 Å². The molecule has 69 heavy (non-hydrogen) atoms. The molecule has 6 heteroatoms. The van der Waals surface area contributed by atoms with Crippen LogP contribution in [0, 0.1) is 0 Å². The molecule has 0 N–H and O–H groups in total. The summed E-state index contributed by atoms with van der Waals surface area (Å²) in [6.45, 7) is 6.43. The maximum atomic E-state index is 12.7. The number of carbonyl (C=O) groups excluding carboxylic acids is 3. The molecule has 400 valence electrons. The maximum absolute atomic E-state index is 12.7. The third-order valence-electron chi connectivity index (χ3n) is 13.1. The normalized spacial score (nSPS) is 12.4. The summed E-state index contributed by atoms with van der Waals surface area (Å²) in [5, 5.41) is 0. The molecule has 0 rings (SSSR count). The van der Waals surface area contributed by atoms with Gasteiger partial charge >= 0.3 is 17.9 Å². The molecule has 0 amide bonds. The third kappa shape index (κ3) is 55.9. The van der Waals surface area contributed by atoms with Crippen LogP contribution < -0.4 is 0 Å². The van der Waals surface area contributed by atoms with Gasteiger partial charge in [0.25, 0.3) is 0 Å². The molecule has 0 aromatic heterocycles. The Bertz CT molecular complexity index is 1250. The molecule has 0 bridgehead atoms. The third-order valence-corrected chi connectivity index (χ3v) is 13.1. The Hall–Kier alpha value is -2.89. The number of rotatable bonds is 54. The topological polar surface area (TPSA) is 78.9 Å². The highest BCUT2D eigenvalue weighted by molar-refractivity contribution is 5.72. The van der Waals surface area contributed by atoms with Crippen LogP contribution in [-0.4, -0.2) is 37.2 Å². The van der Waals surface area contributed by atoms with Gasteiger partial charge in [-0.25, -0.2) is 0 Å². The minimum absolute atomic E-state index is 0.101. The number of unbranched alkanes of at least 4 members (excludes halogenated alkanes) is 34. The second-order valence-corrected chi connectivity index (χ2v) is 19.9. The van der Waals surface area contributed by atoms with E-state index in [-0.39, 0.29) is 31.6 Å². The van der Waals surface area contributed by atoms with Crippen LogP contribution in [0.2, 0.25) is 0 Å². The SMILES string of the molecule is CC/C=C\C/C=C\C/C=C\C/C=C\C/C=C\CC(=O)OC(COC(=O)CCCCCCCCC)COC(=O)CCCCCCCCCCCCCCCCCCCCCCCCCCCCCCC. The van der Waals surface area contributed by atoms with Crippen LogP contribution in [0.15, 0.2) is 60.8 Å². The Morgan fingerprint density at radius 1 is 0.304 bits per heavy atom. The van der Waals surface area contributed by atoms with Gasteiger partial charge in [-0.1, -0.05) is 300 Å². The molecule has 0 heterocycles. The molecule has 0 spiro atoms. The van der Waals surface area contributed by atoms with Gasteiger partial charge in [0, 0.05) is 12.8 Å². The minimum Gasteiger partial charge on any atom is -0.462 e. The molecule has 1 unspecified atom stereocenters. The molecule has 1 atom stereocenters. The highest BCUT2D eigenvalue weighted by Crippen LogP contribution is 2.17. The molecular weight excluding hydrogens is 853 g/mol. The van der Waals surface area contributed by atoms with Crippen molar-refractivity contribution in [3.05, 3.63) is 60.8 Å². The predicted molar refractivity (Wildman–Crippen MR) is 298 cm³/mol. The monoisotopic (exact) mass is 965 g/mol. The number of esters is 3. The van der Waals surface area contributed by atoms with Crippen molar-refractivity contribution in [1.82, 2.24) is 0 Å². The van der Waals surface area contributed by atoms with E-state index in [1.54, 1.807) is 6.08 Å². The van der Waals surface area contributed by atoms with Crippen molar-refractivity contribution in [2.24, 2.45) is 0 Å². The first-order chi connectivity index (χ1) is 34.0. The zero-order valence-corrected chi connectivity index (χ0v) is 45.8. The largest absolute Gasteiger partial charge is 0.462 e. The first-order valence-corrected chi connectivity index (χ1v) is 29.8. The number of carbonyl (C=O) groups is 3. The van der Waals surface area contributed by atoms with Gasteiger partial charge in [-0.15, -0.1) is 0 Å². The summed E-state index contributed by atoms with van der Waals surface area (Å²) in [5.74, 6) is -1.04. The van der Waals surface area contributed by atoms with Crippen molar-refractivity contribution in [2.45, 2.75) is 309 Å². The van der Waals surface area contributed by atoms with E-state index >= 15 is 0 Å². The van der Waals surface area contributed by atoms with Gasteiger partial charge in [0.05, 0.1) is 6.42 Å². The van der Waals surface area contributed by atoms with Gasteiger partial charge < -0.3 is 14.2 Å². The molecule has 0 saturated heterocycles. The Morgan fingerprint density at radius 3 is 0.826 bits per heavy atom. The summed E-state index contributed by atoms with van der Waals surface area (Å²) >= 11 is 0. The van der Waals surface area contributed by atoms with Gasteiger partial charge in [0.2, 0.25) is 0 Å². The highest BCUT2D eigenvalue weighted by atomic mass is 16.6. The summed E-state index contributed by atoms with van der Waals surface area (Å²) in [6, 6.07) is 0. The number of ether oxygens (including phenoxy) is 3. The van der Waals surface area contributed by atoms with Gasteiger partial charge in [0.1, 0.15) is 13.2 Å². The zero-order valence-electron chi connectivity index (χ0n) is 45.8. The van der Waals surface area contributed by atoms with E-state index < -0.39 is 12.1 Å². The second-order valence-electron chi connectivity index (χ2n) is 19.9. The Morgan fingerprint density at radius 2 is 0.551 bits per heavy atom. The van der Waals surface area contributed by atoms with Crippen LogP contribution >= 0.6 is 0 Å². The lowest BCUT2D eigenvalue weighted by Crippen LogP contribution is -2.30. The van der Waals surface area contributed by atoms with Crippen molar-refractivity contribution in [1.29, 1.82) is 0 Å². The summed E-state index contributed by atoms with van der Waals surface area (Å²) in [7, 11) is 0. The van der Waals surface area contributed by atoms with Crippen LogP contribution in [0.1, 0.15) is 303 Å². The fourth-order valence-electron chi connectivity index (χ4n) is 8.64. The molecule has 0 aromatic carbocycles. The number of allylic oxidation sites excluding steroid dienone is 9. The predicted octanol–water partition coefficient (Wildman–Crippen LogP) is 20.0. The number of hydrogen-bond acceptors (Lipinski definition) is 6. The molecule has 0 fully saturated rings. The van der Waals surface area contributed by atoms with Crippen molar-refractivity contribution >= 4 is 17.9 Å². The first kappa shape index (κ1) is 66.1. The fraction of sp³-hybridized carbons (Fsp3) is 0.794. The zero-order chi connectivity index (χ0) is 50.0. The Labute approximate surface area is 428 Å². The Kier molecular flexibility index (Phi) is 55.3. The van der Waals surface area contributed by atoms with E-state index in [0.29, 0.717) is 12.8 Å². The summed E-state index contributed by atoms with van der Waals surface area (Å²) < 4.78 is 16.7. The molecule has 0 aliphatic rings. The molecule has 6 nitrogen and oxygen atoms in total. The van der Waals surface area contributed by atoms with Crippen LogP contribution in [0.3, 0.4) is 0 Å². The molecule has 0 aliphatic carbocycles. The minimum atomic E-state index is -0.823. The first-order valence-electron chi connectivity index (χ1n) is 29.8.